The fraction of sp³-hybridized carbons (Fsp3) is 0. The molecule has 0 aliphatic carbocycles. The first-order valence-corrected chi connectivity index (χ1v) is 7.68. The van der Waals surface area contributed by atoms with E-state index in [-0.39, 0.29) is 5.91 Å². The number of amides is 1. The van der Waals surface area contributed by atoms with E-state index in [1.807, 2.05) is 54.6 Å². The minimum absolute atomic E-state index is 0.250. The van der Waals surface area contributed by atoms with E-state index in [4.69, 9.17) is 0 Å². The van der Waals surface area contributed by atoms with Crippen molar-refractivity contribution >= 4 is 35.1 Å². The molecule has 0 unspecified atom stereocenters. The summed E-state index contributed by atoms with van der Waals surface area (Å²) in [5.41, 5.74) is 3.49. The number of para-hydroxylation sites is 2. The van der Waals surface area contributed by atoms with Gasteiger partial charge in [0, 0.05) is 6.21 Å². The molecule has 7 heteroatoms. The van der Waals surface area contributed by atoms with Crippen LogP contribution >= 0.6 is 0 Å². The summed E-state index contributed by atoms with van der Waals surface area (Å²) in [5.74, 6) is 0.0778. The molecule has 0 spiro atoms. The van der Waals surface area contributed by atoms with Crippen LogP contribution in [0.25, 0.3) is 5.70 Å². The van der Waals surface area contributed by atoms with Crippen LogP contribution in [0.5, 0.6) is 0 Å². The molecule has 0 saturated heterocycles. The van der Waals surface area contributed by atoms with Crippen molar-refractivity contribution in [2.45, 2.75) is 0 Å². The molecule has 1 aliphatic rings. The topological polar surface area (TPSA) is 95.1 Å². The average molecular weight is 330 g/mol. The number of H-pyrrole nitrogens is 1. The molecule has 25 heavy (non-hydrogen) atoms. The Morgan fingerprint density at radius 1 is 0.920 bits per heavy atom. The zero-order chi connectivity index (χ0) is 17.1. The lowest BCUT2D eigenvalue weighted by Gasteiger charge is -2.12. The van der Waals surface area contributed by atoms with Crippen molar-refractivity contribution in [3.05, 3.63) is 72.1 Å². The van der Waals surface area contributed by atoms with Crippen LogP contribution in [-0.4, -0.2) is 27.3 Å². The molecule has 0 saturated carbocycles. The molecule has 0 atom stereocenters. The third kappa shape index (κ3) is 3.02. The highest BCUT2D eigenvalue weighted by Gasteiger charge is 2.21. The van der Waals surface area contributed by atoms with Crippen LogP contribution in [0.15, 0.2) is 71.5 Å². The summed E-state index contributed by atoms with van der Waals surface area (Å²) in [6, 6.07) is 17.2. The van der Waals surface area contributed by atoms with E-state index in [9.17, 15) is 4.79 Å². The zero-order valence-electron chi connectivity index (χ0n) is 13.1. The van der Waals surface area contributed by atoms with E-state index < -0.39 is 0 Å². The van der Waals surface area contributed by atoms with Gasteiger partial charge in [-0.2, -0.15) is 10.1 Å². The Labute approximate surface area is 143 Å². The van der Waals surface area contributed by atoms with Gasteiger partial charge in [0.05, 0.1) is 22.6 Å². The maximum Gasteiger partial charge on any atom is 0.259 e. The van der Waals surface area contributed by atoms with Crippen molar-refractivity contribution in [3.8, 4) is 0 Å². The van der Waals surface area contributed by atoms with E-state index in [0.29, 0.717) is 22.9 Å². The maximum atomic E-state index is 12.8. The van der Waals surface area contributed by atoms with Gasteiger partial charge in [-0.15, -0.1) is 0 Å². The van der Waals surface area contributed by atoms with Crippen LogP contribution in [0.3, 0.4) is 0 Å². The van der Waals surface area contributed by atoms with Gasteiger partial charge in [0.25, 0.3) is 5.91 Å². The number of nitrogens with zero attached hydrogens (tertiary/aromatic N) is 3. The van der Waals surface area contributed by atoms with Gasteiger partial charge in [-0.25, -0.2) is 10.1 Å². The van der Waals surface area contributed by atoms with Crippen molar-refractivity contribution in [2.24, 2.45) is 4.99 Å². The summed E-state index contributed by atoms with van der Waals surface area (Å²) in [5, 5.41) is 12.6. The summed E-state index contributed by atoms with van der Waals surface area (Å²) in [6.07, 6.45) is 2.84. The molecule has 122 valence electrons. The number of nitrogens with one attached hydrogen (secondary N) is 3. The standard InChI is InChI=1S/C18H14N6O/c25-17-13(10-19-18-20-11-21-24-18)16(12-6-2-1-3-7-12)22-14-8-4-5-9-15(14)23-17/h1-11,22H,(H,23,25)(H,20,21,24)/b19-10+. The van der Waals surface area contributed by atoms with Gasteiger partial charge in [0.1, 0.15) is 6.33 Å². The third-order valence-corrected chi connectivity index (χ3v) is 3.73. The van der Waals surface area contributed by atoms with Crippen LogP contribution in [0.4, 0.5) is 17.3 Å². The van der Waals surface area contributed by atoms with Crippen LogP contribution < -0.4 is 10.6 Å². The number of hydrogen-bond donors (Lipinski definition) is 3. The van der Waals surface area contributed by atoms with E-state index in [2.05, 4.69) is 30.8 Å². The van der Waals surface area contributed by atoms with Gasteiger partial charge in [0.2, 0.25) is 5.95 Å². The second kappa shape index (κ2) is 6.40. The number of benzene rings is 2. The Bertz CT molecular complexity index is 960. The predicted octanol–water partition coefficient (Wildman–Crippen LogP) is 2.98. The molecular formula is C18H14N6O. The Morgan fingerprint density at radius 3 is 2.36 bits per heavy atom. The lowest BCUT2D eigenvalue weighted by atomic mass is 10.1. The summed E-state index contributed by atoms with van der Waals surface area (Å²) in [6.45, 7) is 0. The van der Waals surface area contributed by atoms with E-state index in [0.717, 1.165) is 11.3 Å². The lowest BCUT2D eigenvalue weighted by Crippen LogP contribution is -2.15. The van der Waals surface area contributed by atoms with Crippen LogP contribution in [0.2, 0.25) is 0 Å². The minimum atomic E-state index is -0.250. The van der Waals surface area contributed by atoms with Crippen molar-refractivity contribution < 1.29 is 4.79 Å². The number of aromatic nitrogens is 3. The first kappa shape index (κ1) is 14.8. The first-order valence-electron chi connectivity index (χ1n) is 7.68. The fourth-order valence-corrected chi connectivity index (χ4v) is 2.55. The molecule has 3 aromatic rings. The number of aromatic amines is 1. The molecule has 0 radical (unpaired) electrons. The fourth-order valence-electron chi connectivity index (χ4n) is 2.55. The highest BCUT2D eigenvalue weighted by atomic mass is 16.1. The van der Waals surface area contributed by atoms with Crippen molar-refractivity contribution in [3.63, 3.8) is 0 Å². The number of fused-ring (bicyclic) bond motifs is 1. The zero-order valence-corrected chi connectivity index (χ0v) is 13.1. The minimum Gasteiger partial charge on any atom is -0.353 e. The summed E-state index contributed by atoms with van der Waals surface area (Å²) in [7, 11) is 0. The molecule has 0 bridgehead atoms. The number of anilines is 2. The number of rotatable bonds is 3. The molecular weight excluding hydrogens is 316 g/mol. The molecule has 4 rings (SSSR count). The summed E-state index contributed by atoms with van der Waals surface area (Å²) < 4.78 is 0. The van der Waals surface area contributed by atoms with Crippen molar-refractivity contribution in [2.75, 3.05) is 10.6 Å². The highest BCUT2D eigenvalue weighted by Crippen LogP contribution is 2.31. The molecule has 2 aromatic carbocycles. The summed E-state index contributed by atoms with van der Waals surface area (Å²) in [4.78, 5) is 20.9. The Morgan fingerprint density at radius 2 is 1.64 bits per heavy atom. The Hall–Kier alpha value is -3.74. The first-order chi connectivity index (χ1) is 12.3. The molecule has 2 heterocycles. The number of carbonyl (C=O) groups excluding carboxylic acids is 1. The number of carbonyl (C=O) groups is 1. The average Bonchev–Trinajstić information content (AvgIpc) is 3.11. The maximum absolute atomic E-state index is 12.8. The molecule has 3 N–H and O–H groups in total. The van der Waals surface area contributed by atoms with E-state index in [1.54, 1.807) is 0 Å². The molecule has 0 fully saturated rings. The number of hydrogen-bond acceptors (Lipinski definition) is 5. The Balaban J connectivity index is 1.84. The van der Waals surface area contributed by atoms with Crippen LogP contribution in [-0.2, 0) is 4.79 Å². The van der Waals surface area contributed by atoms with Crippen LogP contribution in [0, 0.1) is 0 Å². The summed E-state index contributed by atoms with van der Waals surface area (Å²) >= 11 is 0. The second-order valence-electron chi connectivity index (χ2n) is 5.35. The van der Waals surface area contributed by atoms with Gasteiger partial charge in [-0.3, -0.25) is 4.79 Å². The molecule has 1 amide bonds. The van der Waals surface area contributed by atoms with Crippen LogP contribution in [0.1, 0.15) is 5.56 Å². The van der Waals surface area contributed by atoms with Crippen molar-refractivity contribution in [1.29, 1.82) is 0 Å². The normalized spacial score (nSPS) is 14.0. The smallest absolute Gasteiger partial charge is 0.259 e. The van der Waals surface area contributed by atoms with Gasteiger partial charge < -0.3 is 10.6 Å². The van der Waals surface area contributed by atoms with Gasteiger partial charge in [-0.1, -0.05) is 42.5 Å². The lowest BCUT2D eigenvalue weighted by molar-refractivity contribution is -0.112. The SMILES string of the molecule is O=C1Nc2ccccc2NC(c2ccccc2)=C1/C=N/c1ncn[nH]1. The molecule has 7 nitrogen and oxygen atoms in total. The monoisotopic (exact) mass is 330 g/mol. The van der Waals surface area contributed by atoms with Crippen molar-refractivity contribution in [1.82, 2.24) is 15.2 Å². The molecule has 1 aromatic heterocycles. The second-order valence-corrected chi connectivity index (χ2v) is 5.35. The molecule has 1 aliphatic heterocycles. The predicted molar refractivity (Wildman–Crippen MR) is 96.6 cm³/mol. The largest absolute Gasteiger partial charge is 0.353 e. The highest BCUT2D eigenvalue weighted by molar-refractivity contribution is 6.25. The van der Waals surface area contributed by atoms with E-state index in [1.165, 1.54) is 12.5 Å². The quantitative estimate of drug-likeness (QED) is 0.643. The Kier molecular flexibility index (Phi) is 3.80. The van der Waals surface area contributed by atoms with Gasteiger partial charge in [0.15, 0.2) is 0 Å². The number of aliphatic imine (C=N–C) groups is 1. The third-order valence-electron chi connectivity index (χ3n) is 3.73. The van der Waals surface area contributed by atoms with Gasteiger partial charge in [-0.05, 0) is 17.7 Å². The van der Waals surface area contributed by atoms with E-state index >= 15 is 0 Å². The van der Waals surface area contributed by atoms with Gasteiger partial charge >= 0.3 is 0 Å².